The van der Waals surface area contributed by atoms with E-state index in [4.69, 9.17) is 39.5 Å². The van der Waals surface area contributed by atoms with Crippen LogP contribution in [0.3, 0.4) is 0 Å². The van der Waals surface area contributed by atoms with Gasteiger partial charge in [0.2, 0.25) is 11.8 Å². The van der Waals surface area contributed by atoms with Crippen molar-refractivity contribution in [3.05, 3.63) is 63.1 Å². The lowest BCUT2D eigenvalue weighted by molar-refractivity contribution is -0.141. The quantitative estimate of drug-likeness (QED) is 0.382. The monoisotopic (exact) mass is 510 g/mol. The van der Waals surface area contributed by atoms with Crippen LogP contribution in [0, 0.1) is 0 Å². The van der Waals surface area contributed by atoms with E-state index in [1.807, 2.05) is 0 Å². The summed E-state index contributed by atoms with van der Waals surface area (Å²) in [5.74, 6) is 0.425. The van der Waals surface area contributed by atoms with Gasteiger partial charge in [0.05, 0.1) is 6.61 Å². The number of ether oxygens (including phenoxy) is 1. The van der Waals surface area contributed by atoms with Gasteiger partial charge in [0, 0.05) is 34.1 Å². The standard InChI is InChI=1S/C25H29Cl3N2O3/c1-17(25(32)29-21-5-2-3-6-21)30(16-18-8-9-20(27)15-23(18)28)24(31)7-4-14-33-22-12-10-19(26)11-13-22/h8-13,15,17,21H,2-7,14,16H2,1H3,(H,29,32)/t17-/m1/s1. The van der Waals surface area contributed by atoms with Crippen molar-refractivity contribution in [3.8, 4) is 5.75 Å². The van der Waals surface area contributed by atoms with Crippen LogP contribution in [0.2, 0.25) is 15.1 Å². The number of hydrogen-bond donors (Lipinski definition) is 1. The van der Waals surface area contributed by atoms with E-state index < -0.39 is 6.04 Å². The fourth-order valence-corrected chi connectivity index (χ4v) is 4.49. The number of halogens is 3. The maximum atomic E-state index is 13.2. The van der Waals surface area contributed by atoms with Crippen molar-refractivity contribution in [2.24, 2.45) is 0 Å². The SMILES string of the molecule is C[C@H](C(=O)NC1CCCC1)N(Cc1ccc(Cl)cc1Cl)C(=O)CCCOc1ccc(Cl)cc1. The molecule has 0 unspecified atom stereocenters. The summed E-state index contributed by atoms with van der Waals surface area (Å²) in [5.41, 5.74) is 0.743. The van der Waals surface area contributed by atoms with Gasteiger partial charge in [-0.05, 0) is 68.1 Å². The van der Waals surface area contributed by atoms with E-state index >= 15 is 0 Å². The first-order valence-electron chi connectivity index (χ1n) is 11.3. The number of hydrogen-bond acceptors (Lipinski definition) is 3. The summed E-state index contributed by atoms with van der Waals surface area (Å²) in [6.45, 7) is 2.37. The van der Waals surface area contributed by atoms with Gasteiger partial charge in [-0.3, -0.25) is 9.59 Å². The predicted octanol–water partition coefficient (Wildman–Crippen LogP) is 6.28. The van der Waals surface area contributed by atoms with E-state index in [9.17, 15) is 9.59 Å². The summed E-state index contributed by atoms with van der Waals surface area (Å²) in [4.78, 5) is 27.7. The molecule has 1 fully saturated rings. The summed E-state index contributed by atoms with van der Waals surface area (Å²) in [6.07, 6.45) is 4.98. The minimum atomic E-state index is -0.623. The highest BCUT2D eigenvalue weighted by atomic mass is 35.5. The molecule has 2 aromatic rings. The Hall–Kier alpha value is -1.95. The highest BCUT2D eigenvalue weighted by molar-refractivity contribution is 6.35. The van der Waals surface area contributed by atoms with Crippen LogP contribution in [-0.4, -0.2) is 35.4 Å². The third kappa shape index (κ3) is 7.80. The molecule has 1 saturated carbocycles. The average molecular weight is 512 g/mol. The van der Waals surface area contributed by atoms with Gasteiger partial charge in [0.1, 0.15) is 11.8 Å². The van der Waals surface area contributed by atoms with Crippen LogP contribution < -0.4 is 10.1 Å². The molecule has 1 aliphatic rings. The molecule has 0 saturated heterocycles. The Morgan fingerprint density at radius 3 is 2.39 bits per heavy atom. The van der Waals surface area contributed by atoms with Gasteiger partial charge in [-0.1, -0.05) is 53.7 Å². The first kappa shape index (κ1) is 25.7. The molecule has 2 aromatic carbocycles. The molecule has 1 atom stereocenters. The molecule has 0 aliphatic heterocycles. The minimum absolute atomic E-state index is 0.130. The zero-order chi connectivity index (χ0) is 23.8. The molecule has 178 valence electrons. The van der Waals surface area contributed by atoms with Crippen LogP contribution in [0.15, 0.2) is 42.5 Å². The van der Waals surface area contributed by atoms with Gasteiger partial charge in [0.15, 0.2) is 0 Å². The smallest absolute Gasteiger partial charge is 0.242 e. The molecule has 2 amide bonds. The van der Waals surface area contributed by atoms with E-state index in [1.165, 1.54) is 0 Å². The maximum Gasteiger partial charge on any atom is 0.242 e. The third-order valence-corrected chi connectivity index (χ3v) is 6.68. The Bertz CT molecular complexity index is 946. The molecule has 0 radical (unpaired) electrons. The van der Waals surface area contributed by atoms with Gasteiger partial charge >= 0.3 is 0 Å². The molecule has 8 heteroatoms. The fraction of sp³-hybridized carbons (Fsp3) is 0.440. The van der Waals surface area contributed by atoms with Crippen LogP contribution in [0.5, 0.6) is 5.75 Å². The molecular formula is C25H29Cl3N2O3. The van der Waals surface area contributed by atoms with Crippen LogP contribution in [-0.2, 0) is 16.1 Å². The van der Waals surface area contributed by atoms with Gasteiger partial charge in [-0.2, -0.15) is 0 Å². The van der Waals surface area contributed by atoms with Crippen molar-refractivity contribution in [2.45, 2.75) is 64.1 Å². The first-order valence-corrected chi connectivity index (χ1v) is 12.4. The van der Waals surface area contributed by atoms with Gasteiger partial charge in [-0.25, -0.2) is 0 Å². The maximum absolute atomic E-state index is 13.2. The molecule has 5 nitrogen and oxygen atoms in total. The van der Waals surface area contributed by atoms with Crippen molar-refractivity contribution in [2.75, 3.05) is 6.61 Å². The van der Waals surface area contributed by atoms with Crippen LogP contribution in [0.4, 0.5) is 0 Å². The highest BCUT2D eigenvalue weighted by Crippen LogP contribution is 2.24. The topological polar surface area (TPSA) is 58.6 Å². The Morgan fingerprint density at radius 2 is 1.73 bits per heavy atom. The summed E-state index contributed by atoms with van der Waals surface area (Å²) >= 11 is 18.3. The van der Waals surface area contributed by atoms with Crippen molar-refractivity contribution in [1.82, 2.24) is 10.2 Å². The molecule has 0 spiro atoms. The first-order chi connectivity index (χ1) is 15.8. The number of rotatable bonds is 10. The highest BCUT2D eigenvalue weighted by Gasteiger charge is 2.28. The lowest BCUT2D eigenvalue weighted by Gasteiger charge is -2.30. The van der Waals surface area contributed by atoms with Gasteiger partial charge in [0.25, 0.3) is 0 Å². The Labute approximate surface area is 210 Å². The number of nitrogens with zero attached hydrogens (tertiary/aromatic N) is 1. The Balaban J connectivity index is 1.63. The van der Waals surface area contributed by atoms with Gasteiger partial charge < -0.3 is 15.0 Å². The number of benzene rings is 2. The minimum Gasteiger partial charge on any atom is -0.494 e. The van der Waals surface area contributed by atoms with E-state index in [1.54, 1.807) is 54.3 Å². The summed E-state index contributed by atoms with van der Waals surface area (Å²) in [5, 5.41) is 4.72. The van der Waals surface area contributed by atoms with Crippen LogP contribution in [0.1, 0.15) is 51.0 Å². The zero-order valence-corrected chi connectivity index (χ0v) is 20.9. The summed E-state index contributed by atoms with van der Waals surface area (Å²) < 4.78 is 5.69. The largest absolute Gasteiger partial charge is 0.494 e. The second-order valence-electron chi connectivity index (χ2n) is 8.33. The van der Waals surface area contributed by atoms with Crippen molar-refractivity contribution < 1.29 is 14.3 Å². The zero-order valence-electron chi connectivity index (χ0n) is 18.7. The van der Waals surface area contributed by atoms with E-state index in [0.717, 1.165) is 31.2 Å². The summed E-state index contributed by atoms with van der Waals surface area (Å²) in [6, 6.07) is 11.8. The number of amides is 2. The lowest BCUT2D eigenvalue weighted by atomic mass is 10.1. The molecule has 0 aromatic heterocycles. The molecule has 0 heterocycles. The Kier molecular flexibility index (Phi) is 9.72. The molecular weight excluding hydrogens is 483 g/mol. The molecule has 1 N–H and O–H groups in total. The number of nitrogens with one attached hydrogen (secondary N) is 1. The molecule has 1 aliphatic carbocycles. The van der Waals surface area contributed by atoms with Crippen molar-refractivity contribution >= 4 is 46.6 Å². The van der Waals surface area contributed by atoms with Crippen molar-refractivity contribution in [1.29, 1.82) is 0 Å². The molecule has 3 rings (SSSR count). The number of carbonyl (C=O) groups is 2. The molecule has 33 heavy (non-hydrogen) atoms. The predicted molar refractivity (Wildman–Crippen MR) is 133 cm³/mol. The third-order valence-electron chi connectivity index (χ3n) is 5.84. The lowest BCUT2D eigenvalue weighted by Crippen LogP contribution is -2.49. The van der Waals surface area contributed by atoms with E-state index in [2.05, 4.69) is 5.32 Å². The second-order valence-corrected chi connectivity index (χ2v) is 9.61. The second kappa shape index (κ2) is 12.5. The normalized spacial score (nSPS) is 14.7. The van der Waals surface area contributed by atoms with Crippen LogP contribution >= 0.6 is 34.8 Å². The van der Waals surface area contributed by atoms with E-state index in [0.29, 0.717) is 33.8 Å². The van der Waals surface area contributed by atoms with E-state index in [-0.39, 0.29) is 30.8 Å². The molecule has 0 bridgehead atoms. The average Bonchev–Trinajstić information content (AvgIpc) is 3.30. The van der Waals surface area contributed by atoms with Crippen LogP contribution in [0.25, 0.3) is 0 Å². The van der Waals surface area contributed by atoms with Crippen molar-refractivity contribution in [3.63, 3.8) is 0 Å². The number of carbonyl (C=O) groups excluding carboxylic acids is 2. The van der Waals surface area contributed by atoms with Gasteiger partial charge in [-0.15, -0.1) is 0 Å². The summed E-state index contributed by atoms with van der Waals surface area (Å²) in [7, 11) is 0. The fourth-order valence-electron chi connectivity index (χ4n) is 3.90. The Morgan fingerprint density at radius 1 is 1.06 bits per heavy atom.